The van der Waals surface area contributed by atoms with Crippen LogP contribution in [0.4, 0.5) is 0 Å². The zero-order valence-electron chi connectivity index (χ0n) is 10.5. The topological polar surface area (TPSA) is 60.2 Å². The lowest BCUT2D eigenvalue weighted by Gasteiger charge is -2.19. The van der Waals surface area contributed by atoms with Crippen LogP contribution >= 0.6 is 0 Å². The second kappa shape index (κ2) is 6.01. The van der Waals surface area contributed by atoms with Gasteiger partial charge < -0.3 is 5.73 Å². The van der Waals surface area contributed by atoms with E-state index in [1.54, 1.807) is 0 Å². The maximum atomic E-state index is 11.9. The number of sulfone groups is 1. The van der Waals surface area contributed by atoms with Crippen molar-refractivity contribution in [2.24, 2.45) is 17.6 Å². The quantitative estimate of drug-likeness (QED) is 0.780. The highest BCUT2D eigenvalue weighted by molar-refractivity contribution is 7.91. The summed E-state index contributed by atoms with van der Waals surface area (Å²) in [6.45, 7) is 4.01. The van der Waals surface area contributed by atoms with Crippen LogP contribution in [0.2, 0.25) is 0 Å². The van der Waals surface area contributed by atoms with Crippen molar-refractivity contribution in [3.63, 3.8) is 0 Å². The molecule has 3 nitrogen and oxygen atoms in total. The fourth-order valence-electron chi connectivity index (χ4n) is 2.43. The lowest BCUT2D eigenvalue weighted by molar-refractivity contribution is 0.453. The van der Waals surface area contributed by atoms with Gasteiger partial charge in [-0.15, -0.1) is 0 Å². The van der Waals surface area contributed by atoms with Crippen LogP contribution in [0, 0.1) is 11.8 Å². The first-order chi connectivity index (χ1) is 7.44. The predicted molar refractivity (Wildman–Crippen MR) is 68.0 cm³/mol. The average molecular weight is 247 g/mol. The molecular weight excluding hydrogens is 222 g/mol. The van der Waals surface area contributed by atoms with Gasteiger partial charge in [-0.05, 0) is 24.7 Å². The fourth-order valence-corrected chi connectivity index (χ4v) is 4.53. The molecule has 0 saturated heterocycles. The van der Waals surface area contributed by atoms with Crippen LogP contribution in [0.3, 0.4) is 0 Å². The highest BCUT2D eigenvalue weighted by Crippen LogP contribution is 2.27. The van der Waals surface area contributed by atoms with Gasteiger partial charge in [-0.2, -0.15) is 0 Å². The van der Waals surface area contributed by atoms with E-state index in [2.05, 4.69) is 0 Å². The van der Waals surface area contributed by atoms with E-state index < -0.39 is 9.84 Å². The van der Waals surface area contributed by atoms with Crippen molar-refractivity contribution < 1.29 is 8.42 Å². The monoisotopic (exact) mass is 247 g/mol. The van der Waals surface area contributed by atoms with E-state index in [0.29, 0.717) is 11.7 Å². The second-order valence-corrected chi connectivity index (χ2v) is 7.45. The van der Waals surface area contributed by atoms with Gasteiger partial charge in [0.1, 0.15) is 0 Å². The Bertz CT molecular complexity index is 294. The molecule has 1 saturated carbocycles. The van der Waals surface area contributed by atoms with E-state index in [9.17, 15) is 8.42 Å². The van der Waals surface area contributed by atoms with Gasteiger partial charge in [-0.25, -0.2) is 8.42 Å². The van der Waals surface area contributed by atoms with Crippen molar-refractivity contribution in [2.45, 2.75) is 52.0 Å². The molecule has 16 heavy (non-hydrogen) atoms. The van der Waals surface area contributed by atoms with Gasteiger partial charge in [0, 0.05) is 6.04 Å². The maximum absolute atomic E-state index is 11.9. The van der Waals surface area contributed by atoms with E-state index in [4.69, 9.17) is 5.73 Å². The first kappa shape index (κ1) is 14.0. The Morgan fingerprint density at radius 2 is 1.81 bits per heavy atom. The first-order valence-corrected chi connectivity index (χ1v) is 8.22. The van der Waals surface area contributed by atoms with Crippen LogP contribution in [0.1, 0.15) is 46.0 Å². The van der Waals surface area contributed by atoms with Gasteiger partial charge >= 0.3 is 0 Å². The molecule has 1 rings (SSSR count). The molecule has 2 unspecified atom stereocenters. The average Bonchev–Trinajstić information content (AvgIpc) is 2.68. The lowest BCUT2D eigenvalue weighted by atomic mass is 10.0. The molecule has 0 aromatic heterocycles. The molecule has 0 aliphatic heterocycles. The molecule has 1 fully saturated rings. The summed E-state index contributed by atoms with van der Waals surface area (Å²) in [7, 11) is -2.95. The Hall–Kier alpha value is -0.0900. The predicted octanol–water partition coefficient (Wildman–Crippen LogP) is 1.96. The molecule has 96 valence electrons. The minimum atomic E-state index is -2.95. The molecule has 0 radical (unpaired) electrons. The van der Waals surface area contributed by atoms with Crippen molar-refractivity contribution in [1.29, 1.82) is 0 Å². The van der Waals surface area contributed by atoms with Crippen molar-refractivity contribution >= 4 is 9.84 Å². The summed E-state index contributed by atoms with van der Waals surface area (Å²) >= 11 is 0. The van der Waals surface area contributed by atoms with E-state index >= 15 is 0 Å². The molecule has 1 aliphatic rings. The summed E-state index contributed by atoms with van der Waals surface area (Å²) in [5.41, 5.74) is 6.00. The minimum absolute atomic E-state index is 0.142. The molecule has 1 aliphatic carbocycles. The van der Waals surface area contributed by atoms with Crippen molar-refractivity contribution in [3.8, 4) is 0 Å². The van der Waals surface area contributed by atoms with Crippen LogP contribution in [0.15, 0.2) is 0 Å². The molecule has 0 heterocycles. The third-order valence-electron chi connectivity index (χ3n) is 3.69. The fraction of sp³-hybridized carbons (Fsp3) is 1.00. The molecule has 0 aromatic carbocycles. The van der Waals surface area contributed by atoms with Crippen LogP contribution in [-0.2, 0) is 9.84 Å². The zero-order valence-corrected chi connectivity index (χ0v) is 11.3. The number of rotatable bonds is 6. The van der Waals surface area contributed by atoms with E-state index in [1.807, 2.05) is 13.8 Å². The van der Waals surface area contributed by atoms with Crippen molar-refractivity contribution in [2.75, 3.05) is 11.5 Å². The standard InChI is InChI=1S/C12H25NO2S/c1-3-10(2)8-16(14,15)9-12(13)11-6-4-5-7-11/h10-12H,3-9,13H2,1-2H3. The first-order valence-electron chi connectivity index (χ1n) is 6.40. The highest BCUT2D eigenvalue weighted by Gasteiger charge is 2.27. The van der Waals surface area contributed by atoms with Gasteiger partial charge in [0.05, 0.1) is 11.5 Å². The van der Waals surface area contributed by atoms with Crippen LogP contribution in [0.5, 0.6) is 0 Å². The Labute approximate surface area is 99.7 Å². The Kier molecular flexibility index (Phi) is 5.25. The normalized spacial score (nSPS) is 22.2. The van der Waals surface area contributed by atoms with E-state index in [0.717, 1.165) is 19.3 Å². The summed E-state index contributed by atoms with van der Waals surface area (Å²) in [6.07, 6.45) is 5.56. The lowest BCUT2D eigenvalue weighted by Crippen LogP contribution is -2.37. The second-order valence-electron chi connectivity index (χ2n) is 5.30. The van der Waals surface area contributed by atoms with Gasteiger partial charge in [0.15, 0.2) is 9.84 Å². The molecule has 2 atom stereocenters. The zero-order chi connectivity index (χ0) is 12.2. The third-order valence-corrected chi connectivity index (χ3v) is 5.66. The van der Waals surface area contributed by atoms with Crippen LogP contribution in [0.25, 0.3) is 0 Å². The SMILES string of the molecule is CCC(C)CS(=O)(=O)CC(N)C1CCCC1. The van der Waals surface area contributed by atoms with Gasteiger partial charge in [-0.3, -0.25) is 0 Å². The summed E-state index contributed by atoms with van der Waals surface area (Å²) < 4.78 is 23.8. The molecule has 0 aromatic rings. The minimum Gasteiger partial charge on any atom is -0.327 e. The number of hydrogen-bond donors (Lipinski definition) is 1. The third kappa shape index (κ3) is 4.42. The molecule has 0 amide bonds. The number of nitrogens with two attached hydrogens (primary N) is 1. The van der Waals surface area contributed by atoms with E-state index in [1.165, 1.54) is 12.8 Å². The van der Waals surface area contributed by atoms with Crippen LogP contribution < -0.4 is 5.73 Å². The van der Waals surface area contributed by atoms with Gasteiger partial charge in [-0.1, -0.05) is 33.1 Å². The van der Waals surface area contributed by atoms with Crippen molar-refractivity contribution in [3.05, 3.63) is 0 Å². The summed E-state index contributed by atoms with van der Waals surface area (Å²) in [5, 5.41) is 0. The maximum Gasteiger partial charge on any atom is 0.152 e. The van der Waals surface area contributed by atoms with Crippen molar-refractivity contribution in [1.82, 2.24) is 0 Å². The summed E-state index contributed by atoms with van der Waals surface area (Å²) in [6, 6.07) is -0.142. The summed E-state index contributed by atoms with van der Waals surface area (Å²) in [5.74, 6) is 1.17. The Morgan fingerprint density at radius 1 is 1.25 bits per heavy atom. The van der Waals surface area contributed by atoms with E-state index in [-0.39, 0.29) is 17.7 Å². The Morgan fingerprint density at radius 3 is 2.31 bits per heavy atom. The number of hydrogen-bond acceptors (Lipinski definition) is 3. The van der Waals surface area contributed by atoms with Gasteiger partial charge in [0.25, 0.3) is 0 Å². The molecular formula is C12H25NO2S. The molecule has 4 heteroatoms. The largest absolute Gasteiger partial charge is 0.327 e. The van der Waals surface area contributed by atoms with Gasteiger partial charge in [0.2, 0.25) is 0 Å². The molecule has 0 spiro atoms. The highest BCUT2D eigenvalue weighted by atomic mass is 32.2. The molecule has 0 bridgehead atoms. The Balaban J connectivity index is 2.44. The van der Waals surface area contributed by atoms with Crippen LogP contribution in [-0.4, -0.2) is 26.0 Å². The summed E-state index contributed by atoms with van der Waals surface area (Å²) in [4.78, 5) is 0. The molecule has 2 N–H and O–H groups in total. The smallest absolute Gasteiger partial charge is 0.152 e.